The summed E-state index contributed by atoms with van der Waals surface area (Å²) in [5.74, 6) is -1.92. The molecule has 2 saturated heterocycles. The van der Waals surface area contributed by atoms with Crippen LogP contribution >= 0.6 is 0 Å². The average molecular weight is 591 g/mol. The molecule has 9 atom stereocenters. The minimum Gasteiger partial charge on any atom is -0.726 e. The molecule has 17 heteroatoms. The molecule has 4 N–H and O–H groups in total. The first kappa shape index (κ1) is 39.0. The van der Waals surface area contributed by atoms with Crippen molar-refractivity contribution in [1.82, 2.24) is 0 Å². The molecule has 2 aliphatic heterocycles. The van der Waals surface area contributed by atoms with Gasteiger partial charge >= 0.3 is 59.1 Å². The first-order valence-electron chi connectivity index (χ1n) is 11.0. The van der Waals surface area contributed by atoms with Crippen molar-refractivity contribution in [2.75, 3.05) is 13.7 Å². The molecule has 38 heavy (non-hydrogen) atoms. The Bertz CT molecular complexity index is 986. The van der Waals surface area contributed by atoms with Crippen LogP contribution in [0.3, 0.4) is 0 Å². The van der Waals surface area contributed by atoms with E-state index in [-0.39, 0.29) is 59.1 Å². The summed E-state index contributed by atoms with van der Waals surface area (Å²) in [7, 11) is -4.00. The summed E-state index contributed by atoms with van der Waals surface area (Å²) in [5.41, 5.74) is -15.4. The average Bonchev–Trinajstić information content (AvgIpc) is 2.69. The van der Waals surface area contributed by atoms with Crippen LogP contribution in [0, 0.1) is 5.41 Å². The first-order chi connectivity index (χ1) is 15.8. The largest absolute Gasteiger partial charge is 1.00 e. The fourth-order valence-corrected chi connectivity index (χ4v) is 5.27. The topological polar surface area (TPSA) is 224 Å². The number of hydrogen-bond donors (Lipinski definition) is 4. The number of carbonyl (C=O) groups excluding carboxylic acids is 1. The van der Waals surface area contributed by atoms with Gasteiger partial charge in [-0.1, -0.05) is 13.8 Å². The Morgan fingerprint density at radius 2 is 1.42 bits per heavy atom. The third-order valence-electron chi connectivity index (χ3n) is 8.45. The Kier molecular flexibility index (Phi) is 11.9. The number of hydrogen-bond acceptors (Lipinski definition) is 14. The summed E-state index contributed by atoms with van der Waals surface area (Å²) < 4.78 is 60.5. The van der Waals surface area contributed by atoms with Gasteiger partial charge in [0.05, 0.1) is 12.6 Å². The van der Waals surface area contributed by atoms with Crippen LogP contribution < -0.4 is 64.2 Å². The van der Waals surface area contributed by atoms with Crippen molar-refractivity contribution >= 4 is 16.4 Å². The van der Waals surface area contributed by atoms with Gasteiger partial charge in [0.2, 0.25) is 10.4 Å². The van der Waals surface area contributed by atoms with Gasteiger partial charge in [-0.25, -0.2) is 8.42 Å². The van der Waals surface area contributed by atoms with Gasteiger partial charge in [0.15, 0.2) is 12.6 Å². The van der Waals surface area contributed by atoms with E-state index in [9.17, 15) is 43.3 Å². The maximum absolute atomic E-state index is 12.3. The maximum Gasteiger partial charge on any atom is 1.00 e. The molecule has 2 fully saturated rings. The normalized spacial score (nSPS) is 46.9. The van der Waals surface area contributed by atoms with E-state index < -0.39 is 80.7 Å². The van der Waals surface area contributed by atoms with E-state index in [1.54, 1.807) is 0 Å². The second-order valence-corrected chi connectivity index (χ2v) is 12.1. The van der Waals surface area contributed by atoms with Crippen molar-refractivity contribution in [2.24, 2.45) is 5.41 Å². The van der Waals surface area contributed by atoms with Crippen LogP contribution in [0.25, 0.3) is 0 Å². The van der Waals surface area contributed by atoms with Crippen LogP contribution in [0.5, 0.6) is 0 Å². The zero-order valence-electron chi connectivity index (χ0n) is 23.7. The zero-order chi connectivity index (χ0) is 28.6. The Morgan fingerprint density at radius 3 is 1.82 bits per heavy atom. The fraction of sp³-hybridized carbons (Fsp3) is 0.952. The number of aliphatic hydroxyl groups excluding tert-OH is 1. The molecule has 0 bridgehead atoms. The summed E-state index contributed by atoms with van der Waals surface area (Å²) in [5, 5.41) is 56.4. The van der Waals surface area contributed by atoms with Crippen LogP contribution in [0.15, 0.2) is 0 Å². The number of aliphatic hydroxyl groups is 4. The molecule has 0 aliphatic carbocycles. The van der Waals surface area contributed by atoms with E-state index in [1.807, 2.05) is 0 Å². The standard InChI is InChI=1S/C21H38O14S.2Na/c1-15(2)14(34-16(3,10-32-36(28,29)30)11(31-9)17(15,4)25)35-21(8)19(6,12(22)23)33-13(24)18(5,26)20(21,7)27;;/h11,13-14,24-27H,10H2,1-9H3,(H,22,23)(H,28,29,30);;/q;2*+1/p-2. The third-order valence-corrected chi connectivity index (χ3v) is 8.85. The van der Waals surface area contributed by atoms with Crippen molar-refractivity contribution in [3.05, 3.63) is 0 Å². The van der Waals surface area contributed by atoms with Gasteiger partial charge in [0.25, 0.3) is 0 Å². The van der Waals surface area contributed by atoms with Crippen LogP contribution in [0.4, 0.5) is 0 Å². The number of methoxy groups -OCH3 is 1. The van der Waals surface area contributed by atoms with Crippen LogP contribution in [-0.4, -0.2) is 105 Å². The predicted octanol–water partition coefficient (Wildman–Crippen LogP) is -8.49. The number of rotatable bonds is 7. The van der Waals surface area contributed by atoms with Gasteiger partial charge in [0, 0.05) is 12.5 Å². The summed E-state index contributed by atoms with van der Waals surface area (Å²) in [4.78, 5) is 12.3. The Balaban J connectivity index is 0.00000684. The summed E-state index contributed by atoms with van der Waals surface area (Å²) in [6.07, 6.45) is -5.18. The molecule has 0 aromatic carbocycles. The smallest absolute Gasteiger partial charge is 0.726 e. The van der Waals surface area contributed by atoms with Crippen molar-refractivity contribution in [3.63, 3.8) is 0 Å². The van der Waals surface area contributed by atoms with Crippen LogP contribution in [0.2, 0.25) is 0 Å². The number of ether oxygens (including phenoxy) is 4. The van der Waals surface area contributed by atoms with Crippen molar-refractivity contribution in [3.8, 4) is 0 Å². The van der Waals surface area contributed by atoms with Gasteiger partial charge in [-0.2, -0.15) is 0 Å². The molecule has 14 nitrogen and oxygen atoms in total. The summed E-state index contributed by atoms with van der Waals surface area (Å²) in [6.45, 7) is 8.61. The molecule has 0 spiro atoms. The van der Waals surface area contributed by atoms with Crippen molar-refractivity contribution < 1.29 is 126 Å². The Labute approximate surface area is 266 Å². The zero-order valence-corrected chi connectivity index (χ0v) is 28.5. The van der Waals surface area contributed by atoms with E-state index in [2.05, 4.69) is 4.18 Å². The van der Waals surface area contributed by atoms with Crippen LogP contribution in [0.1, 0.15) is 55.4 Å². The number of aliphatic carboxylic acids is 1. The molecule has 2 aliphatic rings. The quantitative estimate of drug-likeness (QED) is 0.123. The van der Waals surface area contributed by atoms with Gasteiger partial charge in [0.1, 0.15) is 39.7 Å². The third kappa shape index (κ3) is 5.80. The number of carboxylic acid groups (broad SMARTS) is 1. The van der Waals surface area contributed by atoms with Crippen LogP contribution in [-0.2, 0) is 38.3 Å². The second kappa shape index (κ2) is 11.6. The van der Waals surface area contributed by atoms with Gasteiger partial charge < -0.3 is 53.8 Å². The minimum absolute atomic E-state index is 0. The van der Waals surface area contributed by atoms with Gasteiger partial charge in [-0.05, 0) is 41.5 Å². The molecule has 0 amide bonds. The van der Waals surface area contributed by atoms with E-state index in [4.69, 9.17) is 18.9 Å². The molecular weight excluding hydrogens is 554 g/mol. The van der Waals surface area contributed by atoms with Crippen molar-refractivity contribution in [2.45, 2.75) is 108 Å². The number of carbonyl (C=O) groups is 1. The summed E-state index contributed by atoms with van der Waals surface area (Å²) in [6, 6.07) is 0. The maximum atomic E-state index is 12.3. The number of carboxylic acids is 1. The molecular formula is C21H36Na2O14S. The fourth-order valence-electron chi connectivity index (χ4n) is 4.90. The van der Waals surface area contributed by atoms with E-state index in [0.29, 0.717) is 0 Å². The molecule has 2 heterocycles. The molecule has 0 saturated carbocycles. The Morgan fingerprint density at radius 1 is 0.947 bits per heavy atom. The molecule has 0 radical (unpaired) electrons. The monoisotopic (exact) mass is 590 g/mol. The molecule has 212 valence electrons. The second-order valence-electron chi connectivity index (χ2n) is 11.1. The van der Waals surface area contributed by atoms with Gasteiger partial charge in [-0.15, -0.1) is 0 Å². The van der Waals surface area contributed by atoms with E-state index >= 15 is 0 Å². The summed E-state index contributed by atoms with van der Waals surface area (Å²) >= 11 is 0. The molecule has 0 aromatic heterocycles. The molecule has 9 unspecified atom stereocenters. The first-order valence-corrected chi connectivity index (χ1v) is 12.3. The SMILES string of the molecule is COC1C(C)(COS(=O)(=O)[O-])OC(OC2(C)C(C)(C(=O)[O-])OC(O)C(C)(O)C2(C)O)C(C)(C)C1(C)O.[Na+].[Na+]. The van der Waals surface area contributed by atoms with Crippen molar-refractivity contribution in [1.29, 1.82) is 0 Å². The Hall–Kier alpha value is 1.02. The molecule has 2 rings (SSSR count). The van der Waals surface area contributed by atoms with Gasteiger partial charge in [-0.3, -0.25) is 4.18 Å². The van der Waals surface area contributed by atoms with E-state index in [0.717, 1.165) is 27.7 Å². The minimum atomic E-state index is -5.20. The van der Waals surface area contributed by atoms with E-state index in [1.165, 1.54) is 34.8 Å². The predicted molar refractivity (Wildman–Crippen MR) is 115 cm³/mol. The molecule has 0 aromatic rings.